The molecule has 0 saturated heterocycles. The molecule has 3 rings (SSSR count). The molecule has 1 aromatic heterocycles. The molecule has 1 aromatic carbocycles. The van der Waals surface area contributed by atoms with Gasteiger partial charge in [-0.1, -0.05) is 13.8 Å². The van der Waals surface area contributed by atoms with E-state index in [9.17, 15) is 4.79 Å². The first-order chi connectivity index (χ1) is 11.0. The summed E-state index contributed by atoms with van der Waals surface area (Å²) in [4.78, 5) is 12.2. The highest BCUT2D eigenvalue weighted by Gasteiger charge is 2.28. The van der Waals surface area contributed by atoms with E-state index in [1.807, 2.05) is 0 Å². The summed E-state index contributed by atoms with van der Waals surface area (Å²) in [5.41, 5.74) is 10.4. The molecule has 4 heteroatoms. The van der Waals surface area contributed by atoms with E-state index in [0.717, 1.165) is 16.5 Å². The third-order valence-electron chi connectivity index (χ3n) is 4.78. The number of rotatable bonds is 6. The maximum Gasteiger partial charge on any atom is 0.224 e. The van der Waals surface area contributed by atoms with Gasteiger partial charge in [0.2, 0.25) is 5.91 Å². The largest absolute Gasteiger partial charge is 0.464 e. The van der Waals surface area contributed by atoms with Gasteiger partial charge in [0.05, 0.1) is 12.7 Å². The first-order valence-electron chi connectivity index (χ1n) is 8.48. The average Bonchev–Trinajstić information content (AvgIpc) is 3.28. The lowest BCUT2D eigenvalue weighted by molar-refractivity contribution is -0.120. The molecule has 1 heterocycles. The minimum Gasteiger partial charge on any atom is -0.464 e. The normalized spacial score (nSPS) is 16.0. The number of carbonyl (C=O) groups is 1. The average molecular weight is 314 g/mol. The Morgan fingerprint density at radius 3 is 2.78 bits per heavy atom. The van der Waals surface area contributed by atoms with Crippen molar-refractivity contribution in [2.45, 2.75) is 52.0 Å². The lowest BCUT2D eigenvalue weighted by atomic mass is 9.95. The maximum absolute atomic E-state index is 12.2. The van der Waals surface area contributed by atoms with Crippen LogP contribution >= 0.6 is 0 Å². The predicted octanol–water partition coefficient (Wildman–Crippen LogP) is 3.26. The molecule has 1 unspecified atom stereocenters. The zero-order valence-electron chi connectivity index (χ0n) is 14.2. The van der Waals surface area contributed by atoms with E-state index in [1.54, 1.807) is 6.26 Å². The Balaban J connectivity index is 1.71. The predicted molar refractivity (Wildman–Crippen MR) is 92.5 cm³/mol. The minimum atomic E-state index is 0.00970. The van der Waals surface area contributed by atoms with Gasteiger partial charge in [-0.15, -0.1) is 0 Å². The molecule has 4 nitrogen and oxygen atoms in total. The van der Waals surface area contributed by atoms with Crippen LogP contribution < -0.4 is 11.1 Å². The van der Waals surface area contributed by atoms with Crippen LogP contribution in [0.15, 0.2) is 22.8 Å². The summed E-state index contributed by atoms with van der Waals surface area (Å²) in [6.45, 7) is 7.03. The fourth-order valence-electron chi connectivity index (χ4n) is 3.16. The van der Waals surface area contributed by atoms with Crippen LogP contribution in [0.25, 0.3) is 11.0 Å². The van der Waals surface area contributed by atoms with Gasteiger partial charge < -0.3 is 15.5 Å². The van der Waals surface area contributed by atoms with Gasteiger partial charge in [-0.3, -0.25) is 4.79 Å². The highest BCUT2D eigenvalue weighted by Crippen LogP contribution is 2.31. The third kappa shape index (κ3) is 3.58. The van der Waals surface area contributed by atoms with Crippen LogP contribution in [0.2, 0.25) is 0 Å². The van der Waals surface area contributed by atoms with Crippen LogP contribution in [-0.2, 0) is 11.2 Å². The van der Waals surface area contributed by atoms with Crippen molar-refractivity contribution in [3.63, 3.8) is 0 Å². The van der Waals surface area contributed by atoms with Gasteiger partial charge in [0.15, 0.2) is 0 Å². The van der Waals surface area contributed by atoms with Crippen LogP contribution in [0.5, 0.6) is 0 Å². The number of nitrogens with two attached hydrogens (primary N) is 1. The quantitative estimate of drug-likeness (QED) is 0.860. The van der Waals surface area contributed by atoms with Gasteiger partial charge in [0.1, 0.15) is 5.58 Å². The van der Waals surface area contributed by atoms with Gasteiger partial charge in [-0.05, 0) is 54.9 Å². The smallest absolute Gasteiger partial charge is 0.224 e. The number of amides is 1. The second kappa shape index (κ2) is 6.36. The standard InChI is InChI=1S/C19H26N2O2/c1-11(2)15-8-16-14(10-23-18(16)6-12(15)3)7-19(22)21-9-17(20)13-4-5-13/h6,8,10-11,13,17H,4-5,7,9,20H2,1-3H3,(H,21,22). The fraction of sp³-hybridized carbons (Fsp3) is 0.526. The van der Waals surface area contributed by atoms with Crippen molar-refractivity contribution in [1.29, 1.82) is 0 Å². The summed E-state index contributed by atoms with van der Waals surface area (Å²) in [5.74, 6) is 1.06. The molecular weight excluding hydrogens is 288 g/mol. The monoisotopic (exact) mass is 314 g/mol. The van der Waals surface area contributed by atoms with E-state index in [1.165, 1.54) is 24.0 Å². The Labute approximate surface area is 137 Å². The Morgan fingerprint density at radius 2 is 2.13 bits per heavy atom. The molecule has 1 atom stereocenters. The Kier molecular flexibility index (Phi) is 4.44. The van der Waals surface area contributed by atoms with Gasteiger partial charge >= 0.3 is 0 Å². The highest BCUT2D eigenvalue weighted by atomic mass is 16.3. The van der Waals surface area contributed by atoms with Crippen LogP contribution in [0.3, 0.4) is 0 Å². The SMILES string of the molecule is Cc1cc2occ(CC(=O)NCC(N)C3CC3)c2cc1C(C)C. The zero-order valence-corrected chi connectivity index (χ0v) is 14.2. The van der Waals surface area contributed by atoms with E-state index < -0.39 is 0 Å². The number of benzene rings is 1. The molecule has 23 heavy (non-hydrogen) atoms. The van der Waals surface area contributed by atoms with Gasteiger partial charge in [0.25, 0.3) is 0 Å². The summed E-state index contributed by atoms with van der Waals surface area (Å²) in [6, 6.07) is 4.32. The Bertz CT molecular complexity index is 713. The van der Waals surface area contributed by atoms with Crippen LogP contribution in [0, 0.1) is 12.8 Å². The van der Waals surface area contributed by atoms with Crippen molar-refractivity contribution in [3.05, 3.63) is 35.1 Å². The maximum atomic E-state index is 12.2. The molecule has 0 bridgehead atoms. The summed E-state index contributed by atoms with van der Waals surface area (Å²) in [6.07, 6.45) is 4.43. The second-order valence-corrected chi connectivity index (χ2v) is 7.10. The van der Waals surface area contributed by atoms with Gasteiger partial charge in [-0.25, -0.2) is 0 Å². The molecule has 1 saturated carbocycles. The number of fused-ring (bicyclic) bond motifs is 1. The summed E-state index contributed by atoms with van der Waals surface area (Å²) >= 11 is 0. The van der Waals surface area contributed by atoms with E-state index in [0.29, 0.717) is 24.8 Å². The molecule has 124 valence electrons. The number of hydrogen-bond donors (Lipinski definition) is 2. The number of carbonyl (C=O) groups excluding carboxylic acids is 1. The van der Waals surface area contributed by atoms with Crippen molar-refractivity contribution < 1.29 is 9.21 Å². The molecule has 1 fully saturated rings. The fourth-order valence-corrected chi connectivity index (χ4v) is 3.16. The molecule has 0 aliphatic heterocycles. The number of aryl methyl sites for hydroxylation is 1. The van der Waals surface area contributed by atoms with Crippen molar-refractivity contribution in [2.75, 3.05) is 6.54 Å². The lowest BCUT2D eigenvalue weighted by Gasteiger charge is -2.12. The molecular formula is C19H26N2O2. The lowest BCUT2D eigenvalue weighted by Crippen LogP contribution is -2.39. The van der Waals surface area contributed by atoms with Gasteiger partial charge in [0, 0.05) is 23.5 Å². The molecule has 3 N–H and O–H groups in total. The zero-order chi connectivity index (χ0) is 16.6. The first kappa shape index (κ1) is 16.1. The molecule has 0 radical (unpaired) electrons. The van der Waals surface area contributed by atoms with E-state index in [4.69, 9.17) is 10.2 Å². The van der Waals surface area contributed by atoms with E-state index in [-0.39, 0.29) is 11.9 Å². The van der Waals surface area contributed by atoms with Crippen molar-refractivity contribution in [2.24, 2.45) is 11.7 Å². The van der Waals surface area contributed by atoms with Crippen molar-refractivity contribution in [1.82, 2.24) is 5.32 Å². The number of hydrogen-bond acceptors (Lipinski definition) is 3. The van der Waals surface area contributed by atoms with Crippen LogP contribution in [0.4, 0.5) is 0 Å². The van der Waals surface area contributed by atoms with E-state index in [2.05, 4.69) is 38.2 Å². The molecule has 1 aliphatic rings. The van der Waals surface area contributed by atoms with Crippen molar-refractivity contribution >= 4 is 16.9 Å². The second-order valence-electron chi connectivity index (χ2n) is 7.10. The summed E-state index contributed by atoms with van der Waals surface area (Å²) in [7, 11) is 0. The topological polar surface area (TPSA) is 68.3 Å². The molecule has 0 spiro atoms. The first-order valence-corrected chi connectivity index (χ1v) is 8.48. The molecule has 1 amide bonds. The highest BCUT2D eigenvalue weighted by molar-refractivity contribution is 5.88. The third-order valence-corrected chi connectivity index (χ3v) is 4.78. The van der Waals surface area contributed by atoms with E-state index >= 15 is 0 Å². The van der Waals surface area contributed by atoms with Crippen LogP contribution in [-0.4, -0.2) is 18.5 Å². The summed E-state index contributed by atoms with van der Waals surface area (Å²) in [5, 5.41) is 3.99. The van der Waals surface area contributed by atoms with Crippen LogP contribution in [0.1, 0.15) is 49.3 Å². The van der Waals surface area contributed by atoms with Gasteiger partial charge in [-0.2, -0.15) is 0 Å². The van der Waals surface area contributed by atoms with Crippen molar-refractivity contribution in [3.8, 4) is 0 Å². The molecule has 2 aromatic rings. The Hall–Kier alpha value is -1.81. The number of nitrogens with one attached hydrogen (secondary N) is 1. The Morgan fingerprint density at radius 1 is 1.39 bits per heavy atom. The summed E-state index contributed by atoms with van der Waals surface area (Å²) < 4.78 is 5.63. The number of furan rings is 1. The minimum absolute atomic E-state index is 0.00970. The molecule has 1 aliphatic carbocycles.